The number of hydrogen-bond acceptors (Lipinski definition) is 2. The standard InChI is InChI=1S/C12H17NO/c1-8-3-6-10(14-2)7-11(8)12(13)9-4-5-9/h3,6-7,9,12H,4-5,13H2,1-2H3. The molecule has 0 heterocycles. The van der Waals surface area contributed by atoms with Crippen LogP contribution in [0.3, 0.4) is 0 Å². The van der Waals surface area contributed by atoms with Crippen LogP contribution in [-0.2, 0) is 0 Å². The Bertz CT molecular complexity index is 331. The van der Waals surface area contributed by atoms with Crippen molar-refractivity contribution >= 4 is 0 Å². The minimum absolute atomic E-state index is 0.199. The first-order valence-electron chi connectivity index (χ1n) is 5.12. The van der Waals surface area contributed by atoms with Crippen LogP contribution in [0, 0.1) is 12.8 Å². The maximum atomic E-state index is 6.17. The first-order valence-corrected chi connectivity index (χ1v) is 5.12. The maximum absolute atomic E-state index is 6.17. The summed E-state index contributed by atoms with van der Waals surface area (Å²) in [6.07, 6.45) is 2.55. The Morgan fingerprint density at radius 1 is 1.43 bits per heavy atom. The minimum atomic E-state index is 0.199. The lowest BCUT2D eigenvalue weighted by Crippen LogP contribution is -2.13. The lowest BCUT2D eigenvalue weighted by atomic mass is 9.98. The highest BCUT2D eigenvalue weighted by molar-refractivity contribution is 5.37. The van der Waals surface area contributed by atoms with Crippen LogP contribution in [0.5, 0.6) is 5.75 Å². The fraction of sp³-hybridized carbons (Fsp3) is 0.500. The van der Waals surface area contributed by atoms with Crippen LogP contribution in [0.1, 0.15) is 30.0 Å². The average Bonchev–Trinajstić information content (AvgIpc) is 3.01. The number of benzene rings is 1. The molecule has 76 valence electrons. The summed E-state index contributed by atoms with van der Waals surface area (Å²) in [7, 11) is 1.69. The maximum Gasteiger partial charge on any atom is 0.119 e. The van der Waals surface area contributed by atoms with Gasteiger partial charge in [0.25, 0.3) is 0 Å². The summed E-state index contributed by atoms with van der Waals surface area (Å²) in [5.74, 6) is 1.60. The van der Waals surface area contributed by atoms with Crippen molar-refractivity contribution in [2.75, 3.05) is 7.11 Å². The van der Waals surface area contributed by atoms with Gasteiger partial charge in [0.1, 0.15) is 5.75 Å². The van der Waals surface area contributed by atoms with Crippen LogP contribution in [-0.4, -0.2) is 7.11 Å². The fourth-order valence-electron chi connectivity index (χ4n) is 1.81. The van der Waals surface area contributed by atoms with E-state index in [9.17, 15) is 0 Å². The number of methoxy groups -OCH3 is 1. The van der Waals surface area contributed by atoms with Gasteiger partial charge in [0, 0.05) is 6.04 Å². The van der Waals surface area contributed by atoms with Crippen LogP contribution in [0.25, 0.3) is 0 Å². The molecule has 2 nitrogen and oxygen atoms in total. The van der Waals surface area contributed by atoms with Gasteiger partial charge in [0.2, 0.25) is 0 Å². The van der Waals surface area contributed by atoms with Crippen LogP contribution >= 0.6 is 0 Å². The predicted octanol–water partition coefficient (Wildman–Crippen LogP) is 2.41. The Hall–Kier alpha value is -1.02. The number of ether oxygens (including phenoxy) is 1. The predicted molar refractivity (Wildman–Crippen MR) is 57.4 cm³/mol. The summed E-state index contributed by atoms with van der Waals surface area (Å²) in [5, 5.41) is 0. The smallest absolute Gasteiger partial charge is 0.119 e. The van der Waals surface area contributed by atoms with E-state index < -0.39 is 0 Å². The Kier molecular flexibility index (Phi) is 2.46. The number of aryl methyl sites for hydroxylation is 1. The third kappa shape index (κ3) is 1.75. The van der Waals surface area contributed by atoms with Gasteiger partial charge < -0.3 is 10.5 Å². The molecule has 0 aromatic heterocycles. The molecule has 1 aliphatic carbocycles. The molecule has 2 rings (SSSR count). The van der Waals surface area contributed by atoms with Gasteiger partial charge in [-0.2, -0.15) is 0 Å². The molecule has 1 atom stereocenters. The molecule has 1 unspecified atom stereocenters. The molecular formula is C12H17NO. The monoisotopic (exact) mass is 191 g/mol. The minimum Gasteiger partial charge on any atom is -0.497 e. The van der Waals surface area contributed by atoms with Gasteiger partial charge in [-0.1, -0.05) is 6.07 Å². The number of hydrogen-bond donors (Lipinski definition) is 1. The second kappa shape index (κ2) is 3.62. The molecule has 1 aromatic carbocycles. The van der Waals surface area contributed by atoms with Gasteiger partial charge in [-0.25, -0.2) is 0 Å². The van der Waals surface area contributed by atoms with Gasteiger partial charge in [-0.15, -0.1) is 0 Å². The zero-order valence-corrected chi connectivity index (χ0v) is 8.79. The second-order valence-electron chi connectivity index (χ2n) is 4.09. The van der Waals surface area contributed by atoms with Crippen LogP contribution < -0.4 is 10.5 Å². The van der Waals surface area contributed by atoms with Crippen molar-refractivity contribution < 1.29 is 4.74 Å². The van der Waals surface area contributed by atoms with E-state index in [1.165, 1.54) is 24.0 Å². The summed E-state index contributed by atoms with van der Waals surface area (Å²) in [5.41, 5.74) is 8.68. The molecule has 2 N–H and O–H groups in total. The van der Waals surface area contributed by atoms with Crippen LogP contribution in [0.15, 0.2) is 18.2 Å². The highest BCUT2D eigenvalue weighted by atomic mass is 16.5. The van der Waals surface area contributed by atoms with E-state index in [0.29, 0.717) is 5.92 Å². The van der Waals surface area contributed by atoms with E-state index >= 15 is 0 Å². The SMILES string of the molecule is COc1ccc(C)c(C(N)C2CC2)c1. The molecule has 0 aliphatic heterocycles. The molecule has 14 heavy (non-hydrogen) atoms. The van der Waals surface area contributed by atoms with Crippen molar-refractivity contribution in [2.24, 2.45) is 11.7 Å². The summed E-state index contributed by atoms with van der Waals surface area (Å²) in [6, 6.07) is 6.33. The highest BCUT2D eigenvalue weighted by Gasteiger charge is 2.30. The normalized spacial score (nSPS) is 17.9. The first kappa shape index (κ1) is 9.53. The van der Waals surface area contributed by atoms with Crippen molar-refractivity contribution in [3.63, 3.8) is 0 Å². The van der Waals surface area contributed by atoms with Crippen molar-refractivity contribution in [1.82, 2.24) is 0 Å². The molecule has 0 saturated heterocycles. The van der Waals surface area contributed by atoms with E-state index in [4.69, 9.17) is 10.5 Å². The van der Waals surface area contributed by atoms with Crippen molar-refractivity contribution in [3.8, 4) is 5.75 Å². The molecule has 1 aromatic rings. The molecule has 2 heteroatoms. The molecule has 1 saturated carbocycles. The van der Waals surface area contributed by atoms with Crippen molar-refractivity contribution in [3.05, 3.63) is 29.3 Å². The van der Waals surface area contributed by atoms with E-state index in [0.717, 1.165) is 5.75 Å². The second-order valence-corrected chi connectivity index (χ2v) is 4.09. The summed E-state index contributed by atoms with van der Waals surface area (Å²) in [6.45, 7) is 2.11. The lowest BCUT2D eigenvalue weighted by Gasteiger charge is -2.14. The van der Waals surface area contributed by atoms with E-state index in [1.54, 1.807) is 7.11 Å². The third-order valence-corrected chi connectivity index (χ3v) is 2.98. The molecule has 1 fully saturated rings. The topological polar surface area (TPSA) is 35.2 Å². The van der Waals surface area contributed by atoms with Crippen molar-refractivity contribution in [2.45, 2.75) is 25.8 Å². The van der Waals surface area contributed by atoms with Gasteiger partial charge in [0.15, 0.2) is 0 Å². The number of rotatable bonds is 3. The van der Waals surface area contributed by atoms with Gasteiger partial charge in [-0.3, -0.25) is 0 Å². The van der Waals surface area contributed by atoms with E-state index in [2.05, 4.69) is 19.1 Å². The van der Waals surface area contributed by atoms with Gasteiger partial charge in [0.05, 0.1) is 7.11 Å². The quantitative estimate of drug-likeness (QED) is 0.796. The average molecular weight is 191 g/mol. The Labute approximate surface area is 85.1 Å². The molecule has 1 aliphatic rings. The summed E-state index contributed by atoms with van der Waals surface area (Å²) >= 11 is 0. The Morgan fingerprint density at radius 3 is 2.71 bits per heavy atom. The lowest BCUT2D eigenvalue weighted by molar-refractivity contribution is 0.413. The van der Waals surface area contributed by atoms with Gasteiger partial charge in [-0.05, 0) is 48.9 Å². The number of nitrogens with two attached hydrogens (primary N) is 1. The zero-order valence-electron chi connectivity index (χ0n) is 8.79. The van der Waals surface area contributed by atoms with Crippen LogP contribution in [0.4, 0.5) is 0 Å². The van der Waals surface area contributed by atoms with E-state index in [-0.39, 0.29) is 6.04 Å². The third-order valence-electron chi connectivity index (χ3n) is 2.98. The largest absolute Gasteiger partial charge is 0.497 e. The summed E-state index contributed by atoms with van der Waals surface area (Å²) in [4.78, 5) is 0. The van der Waals surface area contributed by atoms with Crippen molar-refractivity contribution in [1.29, 1.82) is 0 Å². The Balaban J connectivity index is 2.29. The Morgan fingerprint density at radius 2 is 2.14 bits per heavy atom. The molecule has 0 amide bonds. The fourth-order valence-corrected chi connectivity index (χ4v) is 1.81. The zero-order chi connectivity index (χ0) is 10.1. The van der Waals surface area contributed by atoms with Gasteiger partial charge >= 0.3 is 0 Å². The van der Waals surface area contributed by atoms with E-state index in [1.807, 2.05) is 6.07 Å². The van der Waals surface area contributed by atoms with Crippen LogP contribution in [0.2, 0.25) is 0 Å². The molecule has 0 spiro atoms. The highest BCUT2D eigenvalue weighted by Crippen LogP contribution is 2.40. The summed E-state index contributed by atoms with van der Waals surface area (Å²) < 4.78 is 5.20. The first-order chi connectivity index (χ1) is 6.72. The molecular weight excluding hydrogens is 174 g/mol. The molecule has 0 radical (unpaired) electrons. The molecule has 0 bridgehead atoms.